The first kappa shape index (κ1) is 22.1. The fraction of sp³-hybridized carbons (Fsp3) is 0.174. The van der Waals surface area contributed by atoms with Gasteiger partial charge < -0.3 is 9.47 Å². The summed E-state index contributed by atoms with van der Waals surface area (Å²) in [5, 5.41) is 0.0585. The highest BCUT2D eigenvalue weighted by Crippen LogP contribution is 2.35. The number of carbonyl (C=O) groups excluding carboxylic acids is 1. The van der Waals surface area contributed by atoms with Crippen molar-refractivity contribution in [3.63, 3.8) is 0 Å². The third-order valence-electron chi connectivity index (χ3n) is 4.20. The maximum atomic E-state index is 12.6. The molecule has 0 unspecified atom stereocenters. The summed E-state index contributed by atoms with van der Waals surface area (Å²) >= 11 is 8.37. The van der Waals surface area contributed by atoms with E-state index in [0.717, 1.165) is 43.6 Å². The van der Waals surface area contributed by atoms with Gasteiger partial charge in [0.25, 0.3) is 0 Å². The Morgan fingerprint density at radius 1 is 0.897 bits per heavy atom. The zero-order valence-electron chi connectivity index (χ0n) is 15.9. The lowest BCUT2D eigenvalue weighted by Crippen LogP contribution is -2.01. The highest BCUT2D eigenvalue weighted by Gasteiger charge is 2.11. The fourth-order valence-corrected chi connectivity index (χ4v) is 5.07. The zero-order chi connectivity index (χ0) is 20.6. The molecule has 0 radical (unpaired) electrons. The normalized spacial score (nSPS) is 10.7. The topological polar surface area (TPSA) is 35.5 Å². The molecule has 0 heterocycles. The van der Waals surface area contributed by atoms with Crippen molar-refractivity contribution in [1.82, 2.24) is 0 Å². The Morgan fingerprint density at radius 3 is 2.28 bits per heavy atom. The predicted molar refractivity (Wildman–Crippen MR) is 125 cm³/mol. The molecule has 0 bridgehead atoms. The molecular weight excluding hydrogens is 516 g/mol. The van der Waals surface area contributed by atoms with Crippen LogP contribution in [0.2, 0.25) is 0 Å². The van der Waals surface area contributed by atoms with E-state index >= 15 is 0 Å². The molecule has 0 saturated heterocycles. The lowest BCUT2D eigenvalue weighted by atomic mass is 10.0. The molecule has 3 nitrogen and oxygen atoms in total. The van der Waals surface area contributed by atoms with Crippen LogP contribution in [0.3, 0.4) is 0 Å². The number of benzene rings is 3. The molecule has 0 aliphatic heterocycles. The zero-order valence-corrected chi connectivity index (χ0v) is 19.8. The Bertz CT molecular complexity index is 954. The number of methoxy groups -OCH3 is 1. The van der Waals surface area contributed by atoms with E-state index in [1.54, 1.807) is 7.11 Å². The van der Waals surface area contributed by atoms with Gasteiger partial charge in [-0.05, 0) is 97.9 Å². The Kier molecular flexibility index (Phi) is 8.36. The SMILES string of the molecule is COCOc1c(Br)cc(CCc2cccc(C(=O)Sc3ccccc3)c2)cc1Br. The Morgan fingerprint density at radius 2 is 1.59 bits per heavy atom. The summed E-state index contributed by atoms with van der Waals surface area (Å²) in [5.41, 5.74) is 3.03. The second-order valence-electron chi connectivity index (χ2n) is 6.34. The van der Waals surface area contributed by atoms with Crippen LogP contribution in [0.25, 0.3) is 0 Å². The number of thioether (sulfide) groups is 1. The molecule has 0 saturated carbocycles. The van der Waals surface area contributed by atoms with E-state index in [2.05, 4.69) is 50.1 Å². The van der Waals surface area contributed by atoms with Gasteiger partial charge in [0.05, 0.1) is 8.95 Å². The molecule has 0 atom stereocenters. The summed E-state index contributed by atoms with van der Waals surface area (Å²) in [6, 6.07) is 21.7. The predicted octanol–water partition coefficient (Wildman–Crippen LogP) is 6.91. The smallest absolute Gasteiger partial charge is 0.224 e. The van der Waals surface area contributed by atoms with Crippen LogP contribution >= 0.6 is 43.6 Å². The van der Waals surface area contributed by atoms with Gasteiger partial charge in [0.2, 0.25) is 5.12 Å². The second kappa shape index (κ2) is 11.0. The number of hydrogen-bond acceptors (Lipinski definition) is 4. The molecule has 3 aromatic rings. The first-order valence-corrected chi connectivity index (χ1v) is 11.4. The lowest BCUT2D eigenvalue weighted by Gasteiger charge is -2.12. The van der Waals surface area contributed by atoms with E-state index in [4.69, 9.17) is 9.47 Å². The van der Waals surface area contributed by atoms with Gasteiger partial charge in [-0.3, -0.25) is 4.79 Å². The summed E-state index contributed by atoms with van der Waals surface area (Å²) < 4.78 is 12.3. The van der Waals surface area contributed by atoms with Crippen LogP contribution in [0.5, 0.6) is 5.75 Å². The van der Waals surface area contributed by atoms with E-state index in [1.807, 2.05) is 48.5 Å². The summed E-state index contributed by atoms with van der Waals surface area (Å²) in [6.07, 6.45) is 1.69. The van der Waals surface area contributed by atoms with Crippen molar-refractivity contribution in [2.45, 2.75) is 17.7 Å². The van der Waals surface area contributed by atoms with Gasteiger partial charge in [0, 0.05) is 17.6 Å². The molecule has 0 aromatic heterocycles. The van der Waals surface area contributed by atoms with Gasteiger partial charge >= 0.3 is 0 Å². The number of ether oxygens (including phenoxy) is 2. The highest BCUT2D eigenvalue weighted by molar-refractivity contribution is 9.11. The van der Waals surface area contributed by atoms with Crippen LogP contribution in [0.1, 0.15) is 21.5 Å². The van der Waals surface area contributed by atoms with Crippen LogP contribution in [0, 0.1) is 0 Å². The third kappa shape index (κ3) is 6.44. The van der Waals surface area contributed by atoms with Crippen molar-refractivity contribution >= 4 is 48.7 Å². The largest absolute Gasteiger partial charge is 0.465 e. The summed E-state index contributed by atoms with van der Waals surface area (Å²) in [6.45, 7) is 0.193. The van der Waals surface area contributed by atoms with Crippen LogP contribution in [-0.2, 0) is 17.6 Å². The van der Waals surface area contributed by atoms with Crippen molar-refractivity contribution in [2.75, 3.05) is 13.9 Å². The minimum atomic E-state index is 0.0585. The van der Waals surface area contributed by atoms with Crippen molar-refractivity contribution in [1.29, 1.82) is 0 Å². The first-order valence-electron chi connectivity index (χ1n) is 9.02. The molecular formula is C23H20Br2O3S. The van der Waals surface area contributed by atoms with Crippen molar-refractivity contribution in [2.24, 2.45) is 0 Å². The van der Waals surface area contributed by atoms with E-state index < -0.39 is 0 Å². The molecule has 29 heavy (non-hydrogen) atoms. The minimum absolute atomic E-state index is 0.0585. The van der Waals surface area contributed by atoms with Gasteiger partial charge in [0.1, 0.15) is 0 Å². The molecule has 6 heteroatoms. The van der Waals surface area contributed by atoms with Gasteiger partial charge in [-0.2, -0.15) is 0 Å². The monoisotopic (exact) mass is 534 g/mol. The number of hydrogen-bond donors (Lipinski definition) is 0. The molecule has 3 aromatic carbocycles. The molecule has 0 fully saturated rings. The quantitative estimate of drug-likeness (QED) is 0.232. The van der Waals surface area contributed by atoms with Gasteiger partial charge in [-0.15, -0.1) is 0 Å². The van der Waals surface area contributed by atoms with Crippen LogP contribution in [0.15, 0.2) is 80.6 Å². The molecule has 0 spiro atoms. The van der Waals surface area contributed by atoms with E-state index in [9.17, 15) is 4.79 Å². The fourth-order valence-electron chi connectivity index (χ4n) is 2.81. The third-order valence-corrected chi connectivity index (χ3v) is 6.31. The molecule has 150 valence electrons. The average molecular weight is 536 g/mol. The molecule has 0 aliphatic rings. The molecule has 0 aliphatic carbocycles. The standard InChI is InChI=1S/C23H20Br2O3S/c1-27-15-28-22-20(24)13-17(14-21(22)25)11-10-16-6-5-7-18(12-16)23(26)29-19-8-3-2-4-9-19/h2-9,12-14H,10-11,15H2,1H3. The average Bonchev–Trinajstić information content (AvgIpc) is 2.73. The highest BCUT2D eigenvalue weighted by atomic mass is 79.9. The molecule has 0 amide bonds. The summed E-state index contributed by atoms with van der Waals surface area (Å²) in [7, 11) is 1.59. The number of rotatable bonds is 8. The van der Waals surface area contributed by atoms with E-state index in [1.165, 1.54) is 17.3 Å². The van der Waals surface area contributed by atoms with Crippen LogP contribution in [-0.4, -0.2) is 19.0 Å². The van der Waals surface area contributed by atoms with Crippen molar-refractivity contribution in [3.8, 4) is 5.75 Å². The summed E-state index contributed by atoms with van der Waals surface area (Å²) in [4.78, 5) is 13.5. The van der Waals surface area contributed by atoms with Gasteiger partial charge in [-0.25, -0.2) is 0 Å². The van der Waals surface area contributed by atoms with E-state index in [0.29, 0.717) is 0 Å². The Hall–Kier alpha value is -1.60. The Balaban J connectivity index is 1.65. The number of aryl methyl sites for hydroxylation is 2. The number of carbonyl (C=O) groups is 1. The van der Waals surface area contributed by atoms with Gasteiger partial charge in [0.15, 0.2) is 12.5 Å². The number of halogens is 2. The molecule has 3 rings (SSSR count). The maximum Gasteiger partial charge on any atom is 0.224 e. The second-order valence-corrected chi connectivity index (χ2v) is 9.10. The lowest BCUT2D eigenvalue weighted by molar-refractivity contribution is 0.0500. The van der Waals surface area contributed by atoms with Gasteiger partial charge in [-0.1, -0.05) is 36.4 Å². The van der Waals surface area contributed by atoms with Crippen LogP contribution in [0.4, 0.5) is 0 Å². The summed E-state index contributed by atoms with van der Waals surface area (Å²) in [5.74, 6) is 0.723. The minimum Gasteiger partial charge on any atom is -0.465 e. The van der Waals surface area contributed by atoms with Crippen molar-refractivity contribution < 1.29 is 14.3 Å². The van der Waals surface area contributed by atoms with Crippen molar-refractivity contribution in [3.05, 3.63) is 92.4 Å². The maximum absolute atomic E-state index is 12.6. The molecule has 0 N–H and O–H groups in total. The first-order chi connectivity index (χ1) is 14.1. The van der Waals surface area contributed by atoms with Crippen LogP contribution < -0.4 is 4.74 Å². The Labute approximate surface area is 192 Å². The van der Waals surface area contributed by atoms with E-state index in [-0.39, 0.29) is 11.9 Å².